The quantitative estimate of drug-likeness (QED) is 0.116. The maximum Gasteiger partial charge on any atom is 0.331 e. The van der Waals surface area contributed by atoms with E-state index in [0.29, 0.717) is 45.1 Å². The van der Waals surface area contributed by atoms with Gasteiger partial charge in [-0.25, -0.2) is 4.79 Å². The maximum absolute atomic E-state index is 13.8. The molecule has 1 aliphatic rings. The lowest BCUT2D eigenvalue weighted by molar-refractivity contribution is -0.768. The predicted octanol–water partition coefficient (Wildman–Crippen LogP) is 2.61. The van der Waals surface area contributed by atoms with Crippen LogP contribution in [0.3, 0.4) is 0 Å². The Hall–Kier alpha value is -2.67. The highest BCUT2D eigenvalue weighted by Gasteiger charge is 2.47. The van der Waals surface area contributed by atoms with Gasteiger partial charge in [0.15, 0.2) is 6.04 Å². The SMILES string of the molecule is CCCOC(=O)[C@@H]1C(O[N+](=O)[O-])CCN1C(=O)[C@H](CCCCN)N[C@@H](CCc1ccccc1)C(=O)OCC.Cl.Cl. The van der Waals surface area contributed by atoms with Gasteiger partial charge in [-0.3, -0.25) is 14.9 Å². The number of likely N-dealkylation sites (tertiary alicyclic amines) is 1. The smallest absolute Gasteiger partial charge is 0.331 e. The molecule has 1 unspecified atom stereocenters. The van der Waals surface area contributed by atoms with Gasteiger partial charge in [0.05, 0.1) is 19.3 Å². The Morgan fingerprint density at radius 1 is 1.10 bits per heavy atom. The van der Waals surface area contributed by atoms with Crippen LogP contribution in [-0.4, -0.2) is 78.4 Å². The number of carbonyl (C=O) groups excluding carboxylic acids is 3. The fraction of sp³-hybridized carbons (Fsp3) is 0.654. The van der Waals surface area contributed by atoms with E-state index in [9.17, 15) is 24.5 Å². The zero-order valence-corrected chi connectivity index (χ0v) is 24.7. The van der Waals surface area contributed by atoms with Gasteiger partial charge in [-0.1, -0.05) is 43.7 Å². The number of rotatable bonds is 17. The van der Waals surface area contributed by atoms with Crippen LogP contribution in [0, 0.1) is 10.1 Å². The zero-order chi connectivity index (χ0) is 27.9. The first-order chi connectivity index (χ1) is 18.3. The molecule has 0 saturated carbocycles. The summed E-state index contributed by atoms with van der Waals surface area (Å²) < 4.78 is 10.5. The first-order valence-corrected chi connectivity index (χ1v) is 13.3. The Kier molecular flexibility index (Phi) is 18.9. The van der Waals surface area contributed by atoms with Crippen LogP contribution < -0.4 is 11.1 Å². The van der Waals surface area contributed by atoms with Crippen LogP contribution in [0.1, 0.15) is 57.9 Å². The molecule has 3 N–H and O–H groups in total. The summed E-state index contributed by atoms with van der Waals surface area (Å²) in [7, 11) is 0. The van der Waals surface area contributed by atoms with Gasteiger partial charge in [0.2, 0.25) is 5.91 Å². The van der Waals surface area contributed by atoms with Crippen molar-refractivity contribution < 1.29 is 33.8 Å². The fourth-order valence-corrected chi connectivity index (χ4v) is 4.48. The number of esters is 2. The van der Waals surface area contributed by atoms with E-state index in [2.05, 4.69) is 5.32 Å². The first-order valence-electron chi connectivity index (χ1n) is 13.3. The predicted molar refractivity (Wildman–Crippen MR) is 153 cm³/mol. The molecule has 1 amide bonds. The van der Waals surface area contributed by atoms with Crippen molar-refractivity contribution in [2.45, 2.75) is 83.0 Å². The van der Waals surface area contributed by atoms with Gasteiger partial charge in [0.1, 0.15) is 12.1 Å². The van der Waals surface area contributed by atoms with E-state index in [1.807, 2.05) is 37.3 Å². The second-order valence-electron chi connectivity index (χ2n) is 9.13. The number of nitrogens with one attached hydrogen (secondary N) is 1. The lowest BCUT2D eigenvalue weighted by Crippen LogP contribution is -2.56. The van der Waals surface area contributed by atoms with Gasteiger partial charge in [-0.05, 0) is 57.6 Å². The van der Waals surface area contributed by atoms with Crippen LogP contribution in [0.15, 0.2) is 30.3 Å². The van der Waals surface area contributed by atoms with Crippen LogP contribution in [0.5, 0.6) is 0 Å². The molecule has 0 radical (unpaired) electrons. The summed E-state index contributed by atoms with van der Waals surface area (Å²) in [6.45, 7) is 4.34. The summed E-state index contributed by atoms with van der Waals surface area (Å²) in [5.41, 5.74) is 6.69. The molecular formula is C26H42Cl2N4O8. The van der Waals surface area contributed by atoms with Crippen molar-refractivity contribution in [3.63, 3.8) is 0 Å². The summed E-state index contributed by atoms with van der Waals surface area (Å²) >= 11 is 0. The molecule has 4 atom stereocenters. The van der Waals surface area contributed by atoms with E-state index < -0.39 is 47.2 Å². The molecule has 1 aromatic rings. The molecule has 1 saturated heterocycles. The molecule has 0 spiro atoms. The number of amides is 1. The number of halogens is 2. The van der Waals surface area contributed by atoms with Crippen molar-refractivity contribution in [2.24, 2.45) is 5.73 Å². The topological polar surface area (TPSA) is 163 Å². The number of unbranched alkanes of at least 4 members (excludes halogenated alkanes) is 1. The number of hydrogen-bond donors (Lipinski definition) is 2. The number of hydrogen-bond acceptors (Lipinski definition) is 10. The fourth-order valence-electron chi connectivity index (χ4n) is 4.48. The number of aryl methyl sites for hydroxylation is 1. The summed E-state index contributed by atoms with van der Waals surface area (Å²) in [4.78, 5) is 56.5. The van der Waals surface area contributed by atoms with E-state index in [4.69, 9.17) is 20.0 Å². The molecule has 228 valence electrons. The number of carbonyl (C=O) groups is 3. The van der Waals surface area contributed by atoms with Gasteiger partial charge < -0.3 is 24.9 Å². The highest BCUT2D eigenvalue weighted by molar-refractivity contribution is 5.89. The standard InChI is InChI=1S/C26H40N4O8.2ClH/c1-3-18-37-26(33)23-22(38-30(34)35)15-17-29(23)24(31)20(12-8-9-16-27)28-21(25(32)36-4-2)14-13-19-10-6-5-7-11-19;;/h5-7,10-11,20-23,28H,3-4,8-9,12-18,27H2,1-2H3;2*1H/t20-,21-,22?,23-;;/m0../s1. The summed E-state index contributed by atoms with van der Waals surface area (Å²) in [5.74, 6) is -1.69. The molecule has 14 heteroatoms. The van der Waals surface area contributed by atoms with Crippen LogP contribution >= 0.6 is 24.8 Å². The average molecular weight is 610 g/mol. The van der Waals surface area contributed by atoms with Crippen molar-refractivity contribution in [2.75, 3.05) is 26.3 Å². The second kappa shape index (κ2) is 20.2. The van der Waals surface area contributed by atoms with E-state index in [1.165, 1.54) is 4.90 Å². The minimum atomic E-state index is -1.26. The van der Waals surface area contributed by atoms with E-state index >= 15 is 0 Å². The van der Waals surface area contributed by atoms with Gasteiger partial charge >= 0.3 is 11.9 Å². The Morgan fingerprint density at radius 3 is 2.40 bits per heavy atom. The largest absolute Gasteiger partial charge is 0.465 e. The third-order valence-corrected chi connectivity index (χ3v) is 6.32. The first kappa shape index (κ1) is 37.3. The van der Waals surface area contributed by atoms with Crippen LogP contribution in [0.4, 0.5) is 0 Å². The maximum atomic E-state index is 13.8. The third-order valence-electron chi connectivity index (χ3n) is 6.32. The highest BCUT2D eigenvalue weighted by atomic mass is 35.5. The zero-order valence-electron chi connectivity index (χ0n) is 23.0. The Bertz CT molecular complexity index is 912. The minimum Gasteiger partial charge on any atom is -0.465 e. The lowest BCUT2D eigenvalue weighted by Gasteiger charge is -2.31. The van der Waals surface area contributed by atoms with Crippen molar-refractivity contribution in [1.82, 2.24) is 10.2 Å². The lowest BCUT2D eigenvalue weighted by atomic mass is 10.0. The Labute approximate surface area is 247 Å². The van der Waals surface area contributed by atoms with Crippen LogP contribution in [-0.2, 0) is 35.1 Å². The molecule has 0 aromatic heterocycles. The van der Waals surface area contributed by atoms with Crippen molar-refractivity contribution >= 4 is 42.7 Å². The monoisotopic (exact) mass is 608 g/mol. The molecule has 1 heterocycles. The Balaban J connectivity index is 0.00000760. The van der Waals surface area contributed by atoms with E-state index in [-0.39, 0.29) is 51.0 Å². The average Bonchev–Trinajstić information content (AvgIpc) is 3.31. The molecule has 2 rings (SSSR count). The molecule has 1 aromatic carbocycles. The Morgan fingerprint density at radius 2 is 1.80 bits per heavy atom. The van der Waals surface area contributed by atoms with Crippen LogP contribution in [0.25, 0.3) is 0 Å². The number of benzene rings is 1. The van der Waals surface area contributed by atoms with E-state index in [1.54, 1.807) is 6.92 Å². The van der Waals surface area contributed by atoms with Crippen molar-refractivity contribution in [3.8, 4) is 0 Å². The number of ether oxygens (including phenoxy) is 2. The van der Waals surface area contributed by atoms with Crippen molar-refractivity contribution in [3.05, 3.63) is 46.0 Å². The normalized spacial score (nSPS) is 17.5. The molecule has 0 aliphatic carbocycles. The van der Waals surface area contributed by atoms with Gasteiger partial charge in [-0.15, -0.1) is 34.9 Å². The van der Waals surface area contributed by atoms with Crippen LogP contribution in [0.2, 0.25) is 0 Å². The molecule has 1 aliphatic heterocycles. The molecule has 40 heavy (non-hydrogen) atoms. The molecule has 12 nitrogen and oxygen atoms in total. The number of nitrogens with two attached hydrogens (primary N) is 1. The van der Waals surface area contributed by atoms with E-state index in [0.717, 1.165) is 5.56 Å². The van der Waals surface area contributed by atoms with Crippen molar-refractivity contribution in [1.29, 1.82) is 0 Å². The summed E-state index contributed by atoms with van der Waals surface area (Å²) in [6, 6.07) is 6.76. The molecule has 0 bridgehead atoms. The summed E-state index contributed by atoms with van der Waals surface area (Å²) in [5, 5.41) is 13.3. The third kappa shape index (κ3) is 11.8. The highest BCUT2D eigenvalue weighted by Crippen LogP contribution is 2.25. The van der Waals surface area contributed by atoms with Gasteiger partial charge in [-0.2, -0.15) is 0 Å². The van der Waals surface area contributed by atoms with Gasteiger partial charge in [0.25, 0.3) is 5.09 Å². The second-order valence-corrected chi connectivity index (χ2v) is 9.13. The number of nitrogens with zero attached hydrogens (tertiary/aromatic N) is 2. The minimum absolute atomic E-state index is 0. The van der Waals surface area contributed by atoms with Gasteiger partial charge in [0, 0.05) is 6.54 Å². The molecule has 1 fully saturated rings. The molecular weight excluding hydrogens is 567 g/mol. The summed E-state index contributed by atoms with van der Waals surface area (Å²) in [6.07, 6.45) is 2.10.